The van der Waals surface area contributed by atoms with Crippen LogP contribution in [0.3, 0.4) is 0 Å². The predicted octanol–water partition coefficient (Wildman–Crippen LogP) is 3.26. The fourth-order valence-corrected chi connectivity index (χ4v) is 3.43. The van der Waals surface area contributed by atoms with E-state index in [0.717, 1.165) is 34.3 Å². The minimum Gasteiger partial charge on any atom is -0.310 e. The zero-order valence-corrected chi connectivity index (χ0v) is 13.4. The molecule has 1 amide bonds. The van der Waals surface area contributed by atoms with Crippen molar-refractivity contribution in [3.8, 4) is 5.69 Å². The standard InChI is InChI=1S/C14H14BrN3OS/c1-9-3-2-4-10(5-9)18-14(16-13(19)6-15)11-7-20-8-12(11)17-18/h2-5H,6-8H2,1H3,(H,16,19). The normalized spacial score (nSPS) is 13.3. The van der Waals surface area contributed by atoms with E-state index in [1.807, 2.05) is 41.6 Å². The van der Waals surface area contributed by atoms with E-state index in [0.29, 0.717) is 0 Å². The first-order chi connectivity index (χ1) is 9.69. The number of halogens is 1. The van der Waals surface area contributed by atoms with Crippen molar-refractivity contribution in [1.82, 2.24) is 9.78 Å². The number of nitrogens with zero attached hydrogens (tertiary/aromatic N) is 2. The number of fused-ring (bicyclic) bond motifs is 1. The number of aromatic nitrogens is 2. The monoisotopic (exact) mass is 351 g/mol. The number of hydrogen-bond acceptors (Lipinski definition) is 3. The van der Waals surface area contributed by atoms with E-state index in [4.69, 9.17) is 0 Å². The second-order valence-electron chi connectivity index (χ2n) is 4.70. The summed E-state index contributed by atoms with van der Waals surface area (Å²) in [6, 6.07) is 8.13. The van der Waals surface area contributed by atoms with E-state index < -0.39 is 0 Å². The SMILES string of the molecule is Cc1cccc(-n2nc3c(c2NC(=O)CBr)CSC3)c1. The van der Waals surface area contributed by atoms with Gasteiger partial charge in [0.1, 0.15) is 5.82 Å². The Morgan fingerprint density at radius 1 is 1.50 bits per heavy atom. The Labute approximate surface area is 130 Å². The maximum Gasteiger partial charge on any atom is 0.236 e. The van der Waals surface area contributed by atoms with Crippen LogP contribution in [0.5, 0.6) is 0 Å². The number of benzene rings is 1. The lowest BCUT2D eigenvalue weighted by molar-refractivity contribution is -0.113. The number of anilines is 1. The van der Waals surface area contributed by atoms with Crippen LogP contribution in [-0.4, -0.2) is 21.0 Å². The largest absolute Gasteiger partial charge is 0.310 e. The van der Waals surface area contributed by atoms with Gasteiger partial charge in [-0.1, -0.05) is 28.1 Å². The Bertz CT molecular complexity index is 668. The van der Waals surface area contributed by atoms with Crippen molar-refractivity contribution in [1.29, 1.82) is 0 Å². The quantitative estimate of drug-likeness (QED) is 0.863. The van der Waals surface area contributed by atoms with Gasteiger partial charge in [-0.2, -0.15) is 16.9 Å². The summed E-state index contributed by atoms with van der Waals surface area (Å²) in [5.41, 5.74) is 4.37. The van der Waals surface area contributed by atoms with Crippen LogP contribution in [-0.2, 0) is 16.3 Å². The van der Waals surface area contributed by atoms with Gasteiger partial charge in [-0.3, -0.25) is 4.79 Å². The van der Waals surface area contributed by atoms with Crippen molar-refractivity contribution in [3.05, 3.63) is 41.1 Å². The van der Waals surface area contributed by atoms with E-state index in [1.165, 1.54) is 5.56 Å². The van der Waals surface area contributed by atoms with Gasteiger partial charge in [-0.25, -0.2) is 4.68 Å². The molecule has 6 heteroatoms. The molecule has 0 bridgehead atoms. The average molecular weight is 352 g/mol. The summed E-state index contributed by atoms with van der Waals surface area (Å²) in [7, 11) is 0. The van der Waals surface area contributed by atoms with E-state index in [9.17, 15) is 4.79 Å². The second kappa shape index (κ2) is 5.61. The van der Waals surface area contributed by atoms with Gasteiger partial charge in [0.2, 0.25) is 5.91 Å². The van der Waals surface area contributed by atoms with Gasteiger partial charge in [0.15, 0.2) is 0 Å². The Balaban J connectivity index is 2.08. The van der Waals surface area contributed by atoms with Gasteiger partial charge in [0, 0.05) is 17.1 Å². The molecule has 1 aliphatic heterocycles. The molecule has 0 fully saturated rings. The number of rotatable bonds is 3. The summed E-state index contributed by atoms with van der Waals surface area (Å²) in [6.07, 6.45) is 0. The molecule has 1 N–H and O–H groups in total. The summed E-state index contributed by atoms with van der Waals surface area (Å²) in [5, 5.41) is 7.90. The minimum atomic E-state index is -0.0569. The van der Waals surface area contributed by atoms with Gasteiger partial charge in [0.05, 0.1) is 16.7 Å². The first kappa shape index (κ1) is 13.7. The molecule has 0 saturated carbocycles. The molecule has 0 aliphatic carbocycles. The van der Waals surface area contributed by atoms with Gasteiger partial charge < -0.3 is 5.32 Å². The Hall–Kier alpha value is -1.27. The third-order valence-corrected chi connectivity index (χ3v) is 4.66. The lowest BCUT2D eigenvalue weighted by atomic mass is 10.2. The van der Waals surface area contributed by atoms with E-state index in [2.05, 4.69) is 32.4 Å². The van der Waals surface area contributed by atoms with Crippen LogP contribution >= 0.6 is 27.7 Å². The number of carbonyl (C=O) groups is 1. The lowest BCUT2D eigenvalue weighted by Crippen LogP contribution is -2.16. The summed E-state index contributed by atoms with van der Waals surface area (Å²) < 4.78 is 1.85. The number of nitrogens with one attached hydrogen (secondary N) is 1. The molecule has 20 heavy (non-hydrogen) atoms. The van der Waals surface area contributed by atoms with Crippen molar-refractivity contribution < 1.29 is 4.79 Å². The first-order valence-electron chi connectivity index (χ1n) is 6.30. The molecule has 1 aromatic carbocycles. The number of hydrogen-bond donors (Lipinski definition) is 1. The molecule has 0 spiro atoms. The highest BCUT2D eigenvalue weighted by Gasteiger charge is 2.24. The van der Waals surface area contributed by atoms with Crippen molar-refractivity contribution in [3.63, 3.8) is 0 Å². The van der Waals surface area contributed by atoms with Crippen LogP contribution in [0, 0.1) is 6.92 Å². The van der Waals surface area contributed by atoms with Crippen LogP contribution in [0.15, 0.2) is 24.3 Å². The van der Waals surface area contributed by atoms with Gasteiger partial charge >= 0.3 is 0 Å². The average Bonchev–Trinajstić information content (AvgIpc) is 3.01. The van der Waals surface area contributed by atoms with E-state index in [1.54, 1.807) is 0 Å². The number of aryl methyl sites for hydroxylation is 1. The molecule has 1 aliphatic rings. The van der Waals surface area contributed by atoms with Crippen LogP contribution in [0.2, 0.25) is 0 Å². The molecule has 0 radical (unpaired) electrons. The molecule has 104 valence electrons. The highest BCUT2D eigenvalue weighted by atomic mass is 79.9. The molecule has 0 atom stereocenters. The van der Waals surface area contributed by atoms with Crippen molar-refractivity contribution in [2.75, 3.05) is 10.6 Å². The van der Waals surface area contributed by atoms with Crippen molar-refractivity contribution in [2.24, 2.45) is 0 Å². The Kier molecular flexibility index (Phi) is 3.85. The van der Waals surface area contributed by atoms with Crippen LogP contribution in [0.4, 0.5) is 5.82 Å². The Morgan fingerprint density at radius 3 is 3.10 bits per heavy atom. The third kappa shape index (κ3) is 2.50. The second-order valence-corrected chi connectivity index (χ2v) is 6.25. The summed E-state index contributed by atoms with van der Waals surface area (Å²) in [5.74, 6) is 2.56. The summed E-state index contributed by atoms with van der Waals surface area (Å²) in [6.45, 7) is 2.05. The topological polar surface area (TPSA) is 46.9 Å². The zero-order valence-electron chi connectivity index (χ0n) is 11.0. The van der Waals surface area contributed by atoms with E-state index >= 15 is 0 Å². The molecular formula is C14H14BrN3OS. The van der Waals surface area contributed by atoms with Crippen molar-refractivity contribution in [2.45, 2.75) is 18.4 Å². The molecule has 3 rings (SSSR count). The highest BCUT2D eigenvalue weighted by molar-refractivity contribution is 9.09. The predicted molar refractivity (Wildman–Crippen MR) is 85.7 cm³/mol. The maximum absolute atomic E-state index is 11.7. The maximum atomic E-state index is 11.7. The molecule has 1 aromatic heterocycles. The number of carbonyl (C=O) groups excluding carboxylic acids is 1. The highest BCUT2D eigenvalue weighted by Crippen LogP contribution is 2.36. The van der Waals surface area contributed by atoms with E-state index in [-0.39, 0.29) is 11.2 Å². The molecule has 4 nitrogen and oxygen atoms in total. The van der Waals surface area contributed by atoms with Crippen LogP contribution < -0.4 is 5.32 Å². The van der Waals surface area contributed by atoms with Crippen LogP contribution in [0.1, 0.15) is 16.8 Å². The van der Waals surface area contributed by atoms with Gasteiger partial charge in [-0.05, 0) is 24.6 Å². The Morgan fingerprint density at radius 2 is 2.35 bits per heavy atom. The van der Waals surface area contributed by atoms with Crippen LogP contribution in [0.25, 0.3) is 5.69 Å². The molecule has 0 unspecified atom stereocenters. The van der Waals surface area contributed by atoms with Crippen molar-refractivity contribution >= 4 is 39.4 Å². The first-order valence-corrected chi connectivity index (χ1v) is 8.58. The number of thioether (sulfide) groups is 1. The molecule has 2 heterocycles. The molecule has 0 saturated heterocycles. The number of alkyl halides is 1. The lowest BCUT2D eigenvalue weighted by Gasteiger charge is -2.10. The fraction of sp³-hybridized carbons (Fsp3) is 0.286. The van der Waals surface area contributed by atoms with Gasteiger partial charge in [0.25, 0.3) is 0 Å². The number of amides is 1. The fourth-order valence-electron chi connectivity index (χ4n) is 2.25. The minimum absolute atomic E-state index is 0.0569. The third-order valence-electron chi connectivity index (χ3n) is 3.18. The summed E-state index contributed by atoms with van der Waals surface area (Å²) in [4.78, 5) is 11.7. The zero-order chi connectivity index (χ0) is 14.1. The molecular weight excluding hydrogens is 338 g/mol. The smallest absolute Gasteiger partial charge is 0.236 e. The summed E-state index contributed by atoms with van der Waals surface area (Å²) >= 11 is 5.01. The van der Waals surface area contributed by atoms with Gasteiger partial charge in [-0.15, -0.1) is 0 Å². The molecule has 2 aromatic rings.